The van der Waals surface area contributed by atoms with Crippen LogP contribution in [0.1, 0.15) is 20.7 Å². The molecular formula is C8H4Cl2O4. The van der Waals surface area contributed by atoms with Crippen LogP contribution in [0.4, 0.5) is 0 Å². The lowest BCUT2D eigenvalue weighted by Crippen LogP contribution is -2.01. The predicted octanol–water partition coefficient (Wildman–Crippen LogP) is 2.31. The second-order valence-electron chi connectivity index (χ2n) is 2.31. The molecule has 0 saturated carbocycles. The number of hydrogen-bond donors (Lipinski definition) is 0. The summed E-state index contributed by atoms with van der Waals surface area (Å²) < 4.78 is 7.91. The van der Waals surface area contributed by atoms with Gasteiger partial charge in [0.1, 0.15) is 23.7 Å². The molecule has 1 aromatic carbocycles. The predicted molar refractivity (Wildman–Crippen MR) is 49.0 cm³/mol. The molecule has 6 heteroatoms. The Hall–Kier alpha value is -1.26. The maximum absolute atomic E-state index is 10.9. The molecule has 0 atom stereocenters. The van der Waals surface area contributed by atoms with E-state index in [9.17, 15) is 9.59 Å². The second kappa shape index (κ2) is 4.83. The van der Waals surface area contributed by atoms with Gasteiger partial charge in [-0.15, -0.1) is 0 Å². The fraction of sp³-hybridized carbons (Fsp3) is 0. The maximum Gasteiger partial charge on any atom is 0.356 e. The number of rotatable bonds is 2. The highest BCUT2D eigenvalue weighted by Gasteiger charge is 2.09. The van der Waals surface area contributed by atoms with Crippen LogP contribution in [-0.4, -0.2) is 11.9 Å². The molecule has 0 saturated heterocycles. The first-order chi connectivity index (χ1) is 6.69. The first-order valence-corrected chi connectivity index (χ1v) is 4.06. The quantitative estimate of drug-likeness (QED) is 0.789. The van der Waals surface area contributed by atoms with Crippen molar-refractivity contribution < 1.29 is 18.2 Å². The summed E-state index contributed by atoms with van der Waals surface area (Å²) in [4.78, 5) is 21.7. The smallest absolute Gasteiger partial charge is 0.343 e. The molecular weight excluding hydrogens is 231 g/mol. The van der Waals surface area contributed by atoms with Gasteiger partial charge in [0, 0.05) is 0 Å². The van der Waals surface area contributed by atoms with Gasteiger partial charge in [0.15, 0.2) is 0 Å². The van der Waals surface area contributed by atoms with E-state index in [2.05, 4.69) is 8.58 Å². The van der Waals surface area contributed by atoms with Crippen LogP contribution in [-0.2, 0) is 8.58 Å². The first-order valence-electron chi connectivity index (χ1n) is 3.45. The van der Waals surface area contributed by atoms with Crippen LogP contribution >= 0.6 is 23.7 Å². The van der Waals surface area contributed by atoms with E-state index in [0.717, 1.165) is 0 Å². The van der Waals surface area contributed by atoms with Crippen LogP contribution in [0.15, 0.2) is 24.3 Å². The summed E-state index contributed by atoms with van der Waals surface area (Å²) in [6.07, 6.45) is 0. The highest BCUT2D eigenvalue weighted by molar-refractivity contribution is 6.16. The molecule has 1 rings (SSSR count). The van der Waals surface area contributed by atoms with E-state index in [4.69, 9.17) is 23.7 Å². The summed E-state index contributed by atoms with van der Waals surface area (Å²) in [5.74, 6) is -1.39. The Morgan fingerprint density at radius 1 is 0.857 bits per heavy atom. The summed E-state index contributed by atoms with van der Waals surface area (Å²) in [6.45, 7) is 0. The van der Waals surface area contributed by atoms with Crippen LogP contribution in [0.25, 0.3) is 0 Å². The lowest BCUT2D eigenvalue weighted by molar-refractivity contribution is 0.0737. The van der Waals surface area contributed by atoms with Crippen molar-refractivity contribution in [2.45, 2.75) is 0 Å². The molecule has 0 aliphatic heterocycles. The minimum atomic E-state index is -0.697. The second-order valence-corrected chi connectivity index (χ2v) is 2.62. The molecule has 0 unspecified atom stereocenters. The molecule has 0 amide bonds. The van der Waals surface area contributed by atoms with Crippen molar-refractivity contribution in [2.75, 3.05) is 0 Å². The topological polar surface area (TPSA) is 52.6 Å². The summed E-state index contributed by atoms with van der Waals surface area (Å²) in [6, 6.07) is 5.48. The fourth-order valence-electron chi connectivity index (χ4n) is 0.831. The first kappa shape index (κ1) is 10.8. The Morgan fingerprint density at radius 3 is 1.36 bits per heavy atom. The van der Waals surface area contributed by atoms with Crippen molar-refractivity contribution >= 4 is 35.7 Å². The summed E-state index contributed by atoms with van der Waals surface area (Å²) in [7, 11) is 0. The van der Waals surface area contributed by atoms with Crippen molar-refractivity contribution in [3.63, 3.8) is 0 Å². The monoisotopic (exact) mass is 234 g/mol. The van der Waals surface area contributed by atoms with Crippen LogP contribution in [0.5, 0.6) is 0 Å². The third kappa shape index (κ3) is 2.37. The molecule has 0 heterocycles. The lowest BCUT2D eigenvalue weighted by Gasteiger charge is -1.98. The molecule has 1 aromatic rings. The Morgan fingerprint density at radius 2 is 1.14 bits per heavy atom. The standard InChI is InChI=1S/C8H4Cl2O4/c9-13-7(11)5-1-2-6(4-3-5)8(12)14-10/h1-4H. The minimum absolute atomic E-state index is 0.228. The van der Waals surface area contributed by atoms with Gasteiger partial charge in [-0.1, -0.05) is 0 Å². The molecule has 0 N–H and O–H groups in total. The third-order valence-corrected chi connectivity index (χ3v) is 1.78. The molecule has 0 spiro atoms. The third-order valence-electron chi connectivity index (χ3n) is 1.50. The van der Waals surface area contributed by atoms with Gasteiger partial charge in [0.2, 0.25) is 0 Å². The van der Waals surface area contributed by atoms with Crippen LogP contribution < -0.4 is 0 Å². The van der Waals surface area contributed by atoms with Crippen molar-refractivity contribution in [2.24, 2.45) is 0 Å². The zero-order valence-corrected chi connectivity index (χ0v) is 8.21. The van der Waals surface area contributed by atoms with Gasteiger partial charge in [-0.2, -0.15) is 0 Å². The van der Waals surface area contributed by atoms with Gasteiger partial charge in [0.05, 0.1) is 11.1 Å². The Labute approximate surface area is 89.7 Å². The van der Waals surface area contributed by atoms with Gasteiger partial charge >= 0.3 is 11.9 Å². The Kier molecular flexibility index (Phi) is 3.73. The van der Waals surface area contributed by atoms with Gasteiger partial charge in [0.25, 0.3) is 0 Å². The van der Waals surface area contributed by atoms with E-state index in [0.29, 0.717) is 0 Å². The molecule has 0 fully saturated rings. The van der Waals surface area contributed by atoms with Gasteiger partial charge in [-0.3, -0.25) is 0 Å². The molecule has 4 nitrogen and oxygen atoms in total. The number of benzene rings is 1. The van der Waals surface area contributed by atoms with Gasteiger partial charge in [-0.05, 0) is 24.3 Å². The van der Waals surface area contributed by atoms with E-state index in [1.54, 1.807) is 0 Å². The van der Waals surface area contributed by atoms with Crippen LogP contribution in [0, 0.1) is 0 Å². The van der Waals surface area contributed by atoms with E-state index < -0.39 is 11.9 Å². The molecule has 0 aliphatic carbocycles. The number of hydrogen-bond acceptors (Lipinski definition) is 4. The Balaban J connectivity index is 2.89. The van der Waals surface area contributed by atoms with Crippen molar-refractivity contribution in [3.05, 3.63) is 35.4 Å². The zero-order valence-electron chi connectivity index (χ0n) is 6.70. The lowest BCUT2D eigenvalue weighted by atomic mass is 10.1. The number of carbonyl (C=O) groups excluding carboxylic acids is 2. The highest BCUT2D eigenvalue weighted by Crippen LogP contribution is 2.08. The normalized spacial score (nSPS) is 9.29. The van der Waals surface area contributed by atoms with Crippen LogP contribution in [0.3, 0.4) is 0 Å². The number of carbonyl (C=O) groups is 2. The number of halogens is 2. The van der Waals surface area contributed by atoms with Crippen LogP contribution in [0.2, 0.25) is 0 Å². The van der Waals surface area contributed by atoms with E-state index in [1.165, 1.54) is 24.3 Å². The SMILES string of the molecule is O=C(OCl)c1ccc(C(=O)OCl)cc1. The van der Waals surface area contributed by atoms with Gasteiger partial charge in [-0.25, -0.2) is 9.59 Å². The summed E-state index contributed by atoms with van der Waals surface area (Å²) >= 11 is 9.71. The maximum atomic E-state index is 10.9. The van der Waals surface area contributed by atoms with Crippen molar-refractivity contribution in [1.82, 2.24) is 0 Å². The molecule has 0 aliphatic rings. The van der Waals surface area contributed by atoms with E-state index in [-0.39, 0.29) is 11.1 Å². The van der Waals surface area contributed by atoms with Crippen molar-refractivity contribution in [3.8, 4) is 0 Å². The van der Waals surface area contributed by atoms with E-state index in [1.807, 2.05) is 0 Å². The minimum Gasteiger partial charge on any atom is -0.343 e. The van der Waals surface area contributed by atoms with E-state index >= 15 is 0 Å². The summed E-state index contributed by atoms with van der Waals surface area (Å²) in [5.41, 5.74) is 0.456. The zero-order chi connectivity index (χ0) is 10.6. The largest absolute Gasteiger partial charge is 0.356 e. The average Bonchev–Trinajstić information content (AvgIpc) is 2.27. The average molecular weight is 235 g/mol. The molecule has 0 bridgehead atoms. The Bertz CT molecular complexity index is 312. The highest BCUT2D eigenvalue weighted by atomic mass is 35.5. The summed E-state index contributed by atoms with van der Waals surface area (Å²) in [5, 5.41) is 0. The molecule has 74 valence electrons. The van der Waals surface area contributed by atoms with Gasteiger partial charge < -0.3 is 8.58 Å². The van der Waals surface area contributed by atoms with Crippen molar-refractivity contribution in [1.29, 1.82) is 0 Å². The molecule has 14 heavy (non-hydrogen) atoms. The fourth-order valence-corrected chi connectivity index (χ4v) is 1.01. The molecule has 0 aromatic heterocycles. The molecule has 0 radical (unpaired) electrons.